The molecule has 0 radical (unpaired) electrons. The summed E-state index contributed by atoms with van der Waals surface area (Å²) in [6.45, 7) is 1.56. The highest BCUT2D eigenvalue weighted by Gasteiger charge is 2.33. The van der Waals surface area contributed by atoms with Crippen LogP contribution in [0.4, 0.5) is 8.78 Å². The lowest BCUT2D eigenvalue weighted by molar-refractivity contribution is 0.215. The number of rotatable bonds is 5. The van der Waals surface area contributed by atoms with Crippen molar-refractivity contribution in [2.75, 3.05) is 6.61 Å². The van der Waals surface area contributed by atoms with Gasteiger partial charge in [-0.05, 0) is 31.9 Å². The minimum Gasteiger partial charge on any atom is -0.485 e. The molecule has 0 aliphatic heterocycles. The predicted molar refractivity (Wildman–Crippen MR) is 62.0 cm³/mol. The Labute approximate surface area is 104 Å². The Hall–Kier alpha value is -1.67. The van der Waals surface area contributed by atoms with Crippen LogP contribution >= 0.6 is 0 Å². The fourth-order valence-corrected chi connectivity index (χ4v) is 1.62. The molecule has 1 saturated carbocycles. The molecule has 0 amide bonds. The SMILES string of the molecule is CC(C#N)(COc1c(F)cccc1F)NC1CC1. The van der Waals surface area contributed by atoms with Gasteiger partial charge in [0.1, 0.15) is 12.1 Å². The summed E-state index contributed by atoms with van der Waals surface area (Å²) >= 11 is 0. The van der Waals surface area contributed by atoms with Crippen LogP contribution in [0.3, 0.4) is 0 Å². The Kier molecular flexibility index (Phi) is 3.48. The number of ether oxygens (including phenoxy) is 1. The number of hydrogen-bond donors (Lipinski definition) is 1. The van der Waals surface area contributed by atoms with E-state index in [9.17, 15) is 8.78 Å². The van der Waals surface area contributed by atoms with E-state index in [1.165, 1.54) is 6.07 Å². The van der Waals surface area contributed by atoms with E-state index in [1.807, 2.05) is 0 Å². The van der Waals surface area contributed by atoms with Crippen molar-refractivity contribution >= 4 is 0 Å². The van der Waals surface area contributed by atoms with Crippen molar-refractivity contribution in [3.05, 3.63) is 29.8 Å². The molecule has 0 heterocycles. The second-order valence-electron chi connectivity index (χ2n) is 4.70. The molecular weight excluding hydrogens is 238 g/mol. The van der Waals surface area contributed by atoms with Crippen LogP contribution in [-0.4, -0.2) is 18.2 Å². The smallest absolute Gasteiger partial charge is 0.190 e. The summed E-state index contributed by atoms with van der Waals surface area (Å²) in [5, 5.41) is 12.2. The first-order chi connectivity index (χ1) is 8.54. The van der Waals surface area contributed by atoms with Crippen molar-refractivity contribution in [1.29, 1.82) is 5.26 Å². The van der Waals surface area contributed by atoms with E-state index in [-0.39, 0.29) is 6.61 Å². The topological polar surface area (TPSA) is 45.0 Å². The third-order valence-electron chi connectivity index (χ3n) is 2.77. The maximum absolute atomic E-state index is 13.3. The highest BCUT2D eigenvalue weighted by atomic mass is 19.1. The summed E-state index contributed by atoms with van der Waals surface area (Å²) in [6.07, 6.45) is 2.04. The van der Waals surface area contributed by atoms with Crippen molar-refractivity contribution in [2.45, 2.75) is 31.3 Å². The van der Waals surface area contributed by atoms with E-state index >= 15 is 0 Å². The average Bonchev–Trinajstić information content (AvgIpc) is 3.12. The maximum Gasteiger partial charge on any atom is 0.190 e. The van der Waals surface area contributed by atoms with E-state index in [0.717, 1.165) is 25.0 Å². The minimum atomic E-state index is -0.935. The molecule has 1 N–H and O–H groups in total. The van der Waals surface area contributed by atoms with Crippen LogP contribution in [0.5, 0.6) is 5.75 Å². The normalized spacial score (nSPS) is 17.9. The summed E-state index contributed by atoms with van der Waals surface area (Å²) in [7, 11) is 0. The molecule has 0 saturated heterocycles. The number of benzene rings is 1. The fraction of sp³-hybridized carbons (Fsp3) is 0.462. The van der Waals surface area contributed by atoms with Crippen LogP contribution in [0.2, 0.25) is 0 Å². The third-order valence-corrected chi connectivity index (χ3v) is 2.77. The van der Waals surface area contributed by atoms with Gasteiger partial charge in [0.15, 0.2) is 17.4 Å². The van der Waals surface area contributed by atoms with Gasteiger partial charge in [0.25, 0.3) is 0 Å². The molecule has 96 valence electrons. The zero-order valence-corrected chi connectivity index (χ0v) is 10.0. The van der Waals surface area contributed by atoms with Crippen LogP contribution < -0.4 is 10.1 Å². The Bertz CT molecular complexity index is 462. The zero-order chi connectivity index (χ0) is 13.2. The molecule has 1 atom stereocenters. The first kappa shape index (κ1) is 12.8. The second kappa shape index (κ2) is 4.91. The van der Waals surface area contributed by atoms with Gasteiger partial charge in [0.05, 0.1) is 6.07 Å². The minimum absolute atomic E-state index is 0.0994. The molecular formula is C13H14F2N2O. The maximum atomic E-state index is 13.3. The molecule has 3 nitrogen and oxygen atoms in total. The van der Waals surface area contributed by atoms with E-state index in [2.05, 4.69) is 11.4 Å². The number of halogens is 2. The van der Waals surface area contributed by atoms with Crippen LogP contribution in [-0.2, 0) is 0 Å². The molecule has 1 aromatic rings. The molecule has 1 fully saturated rings. The Morgan fingerprint density at radius 1 is 1.44 bits per heavy atom. The van der Waals surface area contributed by atoms with Gasteiger partial charge in [-0.1, -0.05) is 6.07 Å². The zero-order valence-electron chi connectivity index (χ0n) is 10.0. The fourth-order valence-electron chi connectivity index (χ4n) is 1.62. The van der Waals surface area contributed by atoms with Crippen molar-refractivity contribution in [2.24, 2.45) is 0 Å². The van der Waals surface area contributed by atoms with Crippen LogP contribution in [0.25, 0.3) is 0 Å². The monoisotopic (exact) mass is 252 g/mol. The molecule has 1 aromatic carbocycles. The molecule has 5 heteroatoms. The first-order valence-electron chi connectivity index (χ1n) is 5.80. The number of para-hydroxylation sites is 1. The summed E-state index contributed by atoms with van der Waals surface area (Å²) < 4.78 is 31.8. The molecule has 0 aromatic heterocycles. The van der Waals surface area contributed by atoms with Crippen molar-refractivity contribution in [1.82, 2.24) is 5.32 Å². The first-order valence-corrected chi connectivity index (χ1v) is 5.80. The van der Waals surface area contributed by atoms with Gasteiger partial charge in [-0.3, -0.25) is 5.32 Å². The summed E-state index contributed by atoms with van der Waals surface area (Å²) in [4.78, 5) is 0. The van der Waals surface area contributed by atoms with Gasteiger partial charge in [-0.15, -0.1) is 0 Å². The number of nitrogens with zero attached hydrogens (tertiary/aromatic N) is 1. The average molecular weight is 252 g/mol. The number of nitrogens with one attached hydrogen (secondary N) is 1. The summed E-state index contributed by atoms with van der Waals surface area (Å²) in [5.74, 6) is -1.96. The Morgan fingerprint density at radius 3 is 2.56 bits per heavy atom. The quantitative estimate of drug-likeness (QED) is 0.875. The van der Waals surface area contributed by atoms with Crippen LogP contribution in [0, 0.1) is 23.0 Å². The highest BCUT2D eigenvalue weighted by Crippen LogP contribution is 2.25. The van der Waals surface area contributed by atoms with Crippen LogP contribution in [0.1, 0.15) is 19.8 Å². The van der Waals surface area contributed by atoms with Gasteiger partial charge in [-0.2, -0.15) is 5.26 Å². The van der Waals surface area contributed by atoms with Crippen LogP contribution in [0.15, 0.2) is 18.2 Å². The lowest BCUT2D eigenvalue weighted by atomic mass is 10.1. The molecule has 0 bridgehead atoms. The highest BCUT2D eigenvalue weighted by molar-refractivity contribution is 5.26. The van der Waals surface area contributed by atoms with Gasteiger partial charge in [0, 0.05) is 6.04 Å². The summed E-state index contributed by atoms with van der Waals surface area (Å²) in [5.41, 5.74) is -0.935. The Morgan fingerprint density at radius 2 is 2.06 bits per heavy atom. The lowest BCUT2D eigenvalue weighted by Crippen LogP contribution is -2.47. The largest absolute Gasteiger partial charge is 0.485 e. The molecule has 1 aliphatic rings. The van der Waals surface area contributed by atoms with Gasteiger partial charge in [-0.25, -0.2) is 8.78 Å². The van der Waals surface area contributed by atoms with E-state index in [4.69, 9.17) is 10.00 Å². The van der Waals surface area contributed by atoms with E-state index in [0.29, 0.717) is 6.04 Å². The molecule has 1 unspecified atom stereocenters. The summed E-state index contributed by atoms with van der Waals surface area (Å²) in [6, 6.07) is 5.90. The van der Waals surface area contributed by atoms with Crippen molar-refractivity contribution in [3.8, 4) is 11.8 Å². The molecule has 2 rings (SSSR count). The lowest BCUT2D eigenvalue weighted by Gasteiger charge is -2.23. The molecule has 18 heavy (non-hydrogen) atoms. The number of hydrogen-bond acceptors (Lipinski definition) is 3. The Balaban J connectivity index is 2.03. The van der Waals surface area contributed by atoms with Gasteiger partial charge in [0.2, 0.25) is 0 Å². The molecule has 1 aliphatic carbocycles. The molecule has 0 spiro atoms. The van der Waals surface area contributed by atoms with E-state index < -0.39 is 22.9 Å². The second-order valence-corrected chi connectivity index (χ2v) is 4.70. The van der Waals surface area contributed by atoms with E-state index in [1.54, 1.807) is 6.92 Å². The third kappa shape index (κ3) is 2.96. The van der Waals surface area contributed by atoms with Gasteiger partial charge >= 0.3 is 0 Å². The standard InChI is InChI=1S/C13H14F2N2O/c1-13(7-16,17-9-5-6-9)8-18-12-10(14)3-2-4-11(12)15/h2-4,9,17H,5-6,8H2,1H3. The predicted octanol–water partition coefficient (Wildman–Crippen LogP) is 2.38. The van der Waals surface area contributed by atoms with Crippen molar-refractivity contribution < 1.29 is 13.5 Å². The number of nitriles is 1. The van der Waals surface area contributed by atoms with Crippen molar-refractivity contribution in [3.63, 3.8) is 0 Å². The van der Waals surface area contributed by atoms with Gasteiger partial charge < -0.3 is 4.74 Å².